The van der Waals surface area contributed by atoms with Gasteiger partial charge in [-0.05, 0) is 208 Å². The normalized spacial score (nSPS) is 11.6. The van der Waals surface area contributed by atoms with Crippen molar-refractivity contribution in [2.24, 2.45) is 0 Å². The van der Waals surface area contributed by atoms with Gasteiger partial charge in [-0.1, -0.05) is 121 Å². The van der Waals surface area contributed by atoms with Gasteiger partial charge in [0.05, 0.1) is 0 Å². The van der Waals surface area contributed by atoms with Crippen molar-refractivity contribution in [2.75, 3.05) is 9.80 Å². The van der Waals surface area contributed by atoms with Crippen molar-refractivity contribution in [3.63, 3.8) is 0 Å². The Morgan fingerprint density at radius 1 is 0.181 bits per heavy atom. The number of hydrogen-bond donors (Lipinski definition) is 0. The van der Waals surface area contributed by atoms with Crippen molar-refractivity contribution in [3.8, 4) is 22.3 Å². The summed E-state index contributed by atoms with van der Waals surface area (Å²) in [6.45, 7) is 0. The van der Waals surface area contributed by atoms with Crippen LogP contribution in [0.5, 0.6) is 0 Å². The van der Waals surface area contributed by atoms with E-state index in [0.29, 0.717) is 11.4 Å². The lowest BCUT2D eigenvalue weighted by molar-refractivity contribution is 0.627. The summed E-state index contributed by atoms with van der Waals surface area (Å²) in [5.41, 5.74) is 8.75. The monoisotopic (exact) mass is 936 g/mol. The maximum absolute atomic E-state index is 15.6. The molecular formula is C66H40F4N2. The van der Waals surface area contributed by atoms with Crippen LogP contribution in [0.2, 0.25) is 0 Å². The fraction of sp³-hybridized carbons (Fsp3) is 0. The fourth-order valence-electron chi connectivity index (χ4n) is 10.7. The topological polar surface area (TPSA) is 6.48 Å². The molecule has 0 saturated carbocycles. The molecule has 0 fully saturated rings. The third kappa shape index (κ3) is 7.44. The minimum absolute atomic E-state index is 0.363. The van der Waals surface area contributed by atoms with E-state index < -0.39 is 0 Å². The molecule has 0 radical (unpaired) electrons. The highest BCUT2D eigenvalue weighted by Crippen LogP contribution is 2.46. The minimum atomic E-state index is -0.364. The Labute approximate surface area is 412 Å². The van der Waals surface area contributed by atoms with Crippen LogP contribution in [0.3, 0.4) is 0 Å². The molecular weight excluding hydrogens is 897 g/mol. The van der Waals surface area contributed by atoms with Crippen molar-refractivity contribution >= 4 is 98.8 Å². The summed E-state index contributed by atoms with van der Waals surface area (Å²) < 4.78 is 61.3. The van der Waals surface area contributed by atoms with Crippen LogP contribution in [0.4, 0.5) is 51.7 Å². The Morgan fingerprint density at radius 3 is 0.847 bits per heavy atom. The lowest BCUT2D eigenvalue weighted by atomic mass is 9.88. The van der Waals surface area contributed by atoms with E-state index in [1.54, 1.807) is 24.3 Å². The van der Waals surface area contributed by atoms with E-state index in [4.69, 9.17) is 0 Å². The van der Waals surface area contributed by atoms with Gasteiger partial charge in [-0.3, -0.25) is 0 Å². The Bertz CT molecular complexity index is 3980. The lowest BCUT2D eigenvalue weighted by Gasteiger charge is -2.27. The summed E-state index contributed by atoms with van der Waals surface area (Å²) in [7, 11) is 0. The molecule has 342 valence electrons. The first-order valence-electron chi connectivity index (χ1n) is 23.8. The number of fused-ring (bicyclic) bond motifs is 12. The molecule has 0 N–H and O–H groups in total. The molecule has 0 aliphatic rings. The van der Waals surface area contributed by atoms with Crippen molar-refractivity contribution in [2.45, 2.75) is 0 Å². The third-order valence-corrected chi connectivity index (χ3v) is 14.0. The Morgan fingerprint density at radius 2 is 0.472 bits per heavy atom. The highest BCUT2D eigenvalue weighted by Gasteiger charge is 2.21. The van der Waals surface area contributed by atoms with Gasteiger partial charge >= 0.3 is 0 Å². The Hall–Kier alpha value is -9.26. The zero-order valence-electron chi connectivity index (χ0n) is 38.5. The molecule has 0 spiro atoms. The molecule has 0 aliphatic heterocycles. The van der Waals surface area contributed by atoms with Crippen LogP contribution in [-0.2, 0) is 0 Å². The highest BCUT2D eigenvalue weighted by molar-refractivity contribution is 6.33. The van der Waals surface area contributed by atoms with E-state index in [-0.39, 0.29) is 23.3 Å². The molecule has 0 atom stereocenters. The van der Waals surface area contributed by atoms with Crippen LogP contribution in [0.1, 0.15) is 0 Å². The van der Waals surface area contributed by atoms with Crippen molar-refractivity contribution in [3.05, 3.63) is 266 Å². The molecule has 0 saturated heterocycles. The maximum atomic E-state index is 15.6. The maximum Gasteiger partial charge on any atom is 0.125 e. The number of benzene rings is 13. The van der Waals surface area contributed by atoms with Gasteiger partial charge in [-0.2, -0.15) is 0 Å². The summed E-state index contributed by atoms with van der Waals surface area (Å²) in [6, 6.07) is 76.3. The zero-order valence-corrected chi connectivity index (χ0v) is 38.5. The first kappa shape index (κ1) is 42.8. The van der Waals surface area contributed by atoms with E-state index in [9.17, 15) is 0 Å². The molecule has 6 heteroatoms. The van der Waals surface area contributed by atoms with E-state index >= 15 is 17.6 Å². The van der Waals surface area contributed by atoms with E-state index in [1.165, 1.54) is 36.4 Å². The minimum Gasteiger partial charge on any atom is -0.310 e. The largest absolute Gasteiger partial charge is 0.310 e. The summed E-state index contributed by atoms with van der Waals surface area (Å²) in [6.07, 6.45) is 0. The molecule has 0 heterocycles. The van der Waals surface area contributed by atoms with Crippen molar-refractivity contribution < 1.29 is 17.6 Å². The first-order valence-corrected chi connectivity index (χ1v) is 23.8. The smallest absolute Gasteiger partial charge is 0.125 e. The summed E-state index contributed by atoms with van der Waals surface area (Å²) in [5, 5.41) is 10.4. The van der Waals surface area contributed by atoms with Gasteiger partial charge < -0.3 is 9.80 Å². The van der Waals surface area contributed by atoms with Crippen LogP contribution in [0, 0.1) is 23.3 Å². The van der Waals surface area contributed by atoms with Crippen LogP contribution in [0.15, 0.2) is 243 Å². The zero-order chi connectivity index (χ0) is 48.5. The Balaban J connectivity index is 1.01. The second kappa shape index (κ2) is 17.3. The summed E-state index contributed by atoms with van der Waals surface area (Å²) in [5.74, 6) is -1.45. The molecule has 2 nitrogen and oxygen atoms in total. The predicted molar refractivity (Wildman–Crippen MR) is 292 cm³/mol. The van der Waals surface area contributed by atoms with E-state index in [0.717, 1.165) is 110 Å². The second-order valence-electron chi connectivity index (χ2n) is 18.2. The van der Waals surface area contributed by atoms with Gasteiger partial charge in [-0.25, -0.2) is 17.6 Å². The predicted octanol–water partition coefficient (Wildman–Crippen LogP) is 19.4. The molecule has 0 aliphatic carbocycles. The second-order valence-corrected chi connectivity index (χ2v) is 18.2. The number of halogens is 4. The standard InChI is InChI=1S/C66H40F4N2/c67-45-13-7-15-51(33-45)71(49-23-17-43(18-24-49)41-9-3-1-4-10-41)53-27-31-57-61(37-53)59-35-47(69)21-29-55(59)63-40-66-58-32-28-54(38-62(58)60-36-48(70)22-30-56(60)64(66)39-65(57)63)72(52-16-8-14-46(68)34-52)50-25-19-44(20-26-50)42-11-5-2-6-12-42/h1-40H. The molecule has 0 unspecified atom stereocenters. The number of rotatable bonds is 8. The Kier molecular flexibility index (Phi) is 10.3. The molecule has 72 heavy (non-hydrogen) atoms. The van der Waals surface area contributed by atoms with Gasteiger partial charge in [0.1, 0.15) is 23.3 Å². The third-order valence-electron chi connectivity index (χ3n) is 14.0. The number of anilines is 6. The van der Waals surface area contributed by atoms with Gasteiger partial charge in [0.15, 0.2) is 0 Å². The summed E-state index contributed by atoms with van der Waals surface area (Å²) in [4.78, 5) is 4.04. The van der Waals surface area contributed by atoms with E-state index in [1.807, 2.05) is 107 Å². The van der Waals surface area contributed by atoms with Crippen LogP contribution in [0.25, 0.3) is 86.9 Å². The molecule has 13 aromatic carbocycles. The highest BCUT2D eigenvalue weighted by atomic mass is 19.1. The summed E-state index contributed by atoms with van der Waals surface area (Å²) >= 11 is 0. The van der Waals surface area contributed by atoms with E-state index in [2.05, 4.69) is 84.9 Å². The number of hydrogen-bond acceptors (Lipinski definition) is 2. The van der Waals surface area contributed by atoms with Gasteiger partial charge in [0, 0.05) is 34.1 Å². The van der Waals surface area contributed by atoms with Gasteiger partial charge in [-0.15, -0.1) is 0 Å². The number of nitrogens with zero attached hydrogens (tertiary/aromatic N) is 2. The van der Waals surface area contributed by atoms with Gasteiger partial charge in [0.25, 0.3) is 0 Å². The molecule has 13 rings (SSSR count). The van der Waals surface area contributed by atoms with Crippen molar-refractivity contribution in [1.29, 1.82) is 0 Å². The average molecular weight is 937 g/mol. The molecule has 0 bridgehead atoms. The lowest BCUT2D eigenvalue weighted by Crippen LogP contribution is -2.10. The van der Waals surface area contributed by atoms with Crippen LogP contribution >= 0.6 is 0 Å². The first-order chi connectivity index (χ1) is 35.3. The molecule has 0 aromatic heterocycles. The van der Waals surface area contributed by atoms with Crippen LogP contribution < -0.4 is 9.80 Å². The fourth-order valence-corrected chi connectivity index (χ4v) is 10.7. The average Bonchev–Trinajstić information content (AvgIpc) is 3.41. The molecule has 13 aromatic rings. The quantitative estimate of drug-likeness (QED) is 0.0851. The molecule has 0 amide bonds. The SMILES string of the molecule is Fc1cccc(N(c2ccc(-c3ccccc3)cc2)c2ccc3c(c2)c2cc(F)ccc2c2cc4c5ccc(N(c6ccc(-c7ccccc7)cc6)c6cccc(F)c6)cc5c5cc(F)ccc5c4cc32)c1. The van der Waals surface area contributed by atoms with Crippen molar-refractivity contribution in [1.82, 2.24) is 0 Å². The van der Waals surface area contributed by atoms with Gasteiger partial charge in [0.2, 0.25) is 0 Å². The van der Waals surface area contributed by atoms with Crippen LogP contribution in [-0.4, -0.2) is 0 Å².